The molecule has 0 saturated heterocycles. The Morgan fingerprint density at radius 2 is 2.18 bits per heavy atom. The summed E-state index contributed by atoms with van der Waals surface area (Å²) in [6.07, 6.45) is 5.03. The van der Waals surface area contributed by atoms with Crippen molar-refractivity contribution in [3.63, 3.8) is 0 Å². The second kappa shape index (κ2) is 5.98. The van der Waals surface area contributed by atoms with E-state index in [0.717, 1.165) is 28.5 Å². The van der Waals surface area contributed by atoms with E-state index in [0.29, 0.717) is 24.7 Å². The average Bonchev–Trinajstić information content (AvgIpc) is 2.74. The topological polar surface area (TPSA) is 43.1 Å². The molecule has 1 aromatic rings. The van der Waals surface area contributed by atoms with Gasteiger partial charge in [-0.1, -0.05) is 24.4 Å². The van der Waals surface area contributed by atoms with Gasteiger partial charge in [-0.2, -0.15) is 0 Å². The van der Waals surface area contributed by atoms with Gasteiger partial charge in [-0.15, -0.1) is 11.3 Å². The van der Waals surface area contributed by atoms with Gasteiger partial charge in [-0.25, -0.2) is 0 Å². The molecule has 1 fully saturated rings. The van der Waals surface area contributed by atoms with Crippen LogP contribution < -0.4 is 5.73 Å². The smallest absolute Gasteiger partial charge is 0.141 e. The molecule has 94 valence electrons. The first-order valence-electron chi connectivity index (χ1n) is 6.17. The SMILES string of the molecule is NCC1CCCCC1C(=O)Cc1ccc(Cl)s1. The maximum atomic E-state index is 12.3. The maximum absolute atomic E-state index is 12.3. The molecule has 0 aliphatic heterocycles. The van der Waals surface area contributed by atoms with Crippen LogP contribution in [0.5, 0.6) is 0 Å². The number of halogens is 1. The molecule has 1 saturated carbocycles. The lowest BCUT2D eigenvalue weighted by Crippen LogP contribution is -2.33. The number of ketones is 1. The highest BCUT2D eigenvalue weighted by Gasteiger charge is 2.29. The van der Waals surface area contributed by atoms with Gasteiger partial charge in [-0.05, 0) is 37.4 Å². The minimum Gasteiger partial charge on any atom is -0.330 e. The number of thiophene rings is 1. The summed E-state index contributed by atoms with van der Waals surface area (Å²) in [5.74, 6) is 0.917. The van der Waals surface area contributed by atoms with Crippen LogP contribution in [0.2, 0.25) is 4.34 Å². The molecule has 2 atom stereocenters. The zero-order valence-electron chi connectivity index (χ0n) is 9.82. The first-order valence-corrected chi connectivity index (χ1v) is 7.37. The van der Waals surface area contributed by atoms with E-state index in [9.17, 15) is 4.79 Å². The summed E-state index contributed by atoms with van der Waals surface area (Å²) >= 11 is 7.38. The van der Waals surface area contributed by atoms with Crippen LogP contribution in [0.1, 0.15) is 30.6 Å². The van der Waals surface area contributed by atoms with E-state index in [2.05, 4.69) is 0 Å². The summed E-state index contributed by atoms with van der Waals surface area (Å²) in [4.78, 5) is 13.3. The van der Waals surface area contributed by atoms with Crippen molar-refractivity contribution in [3.05, 3.63) is 21.3 Å². The van der Waals surface area contributed by atoms with Crippen LogP contribution >= 0.6 is 22.9 Å². The highest BCUT2D eigenvalue weighted by molar-refractivity contribution is 7.16. The molecule has 0 bridgehead atoms. The van der Waals surface area contributed by atoms with E-state index in [1.807, 2.05) is 12.1 Å². The van der Waals surface area contributed by atoms with Crippen molar-refractivity contribution >= 4 is 28.7 Å². The lowest BCUT2D eigenvalue weighted by atomic mass is 9.76. The largest absolute Gasteiger partial charge is 0.330 e. The molecular formula is C13H18ClNOS. The van der Waals surface area contributed by atoms with Crippen LogP contribution in [0.15, 0.2) is 12.1 Å². The molecule has 1 aliphatic rings. The second-order valence-corrected chi connectivity index (χ2v) is 6.54. The first kappa shape index (κ1) is 13.1. The van der Waals surface area contributed by atoms with Gasteiger partial charge in [0, 0.05) is 17.2 Å². The van der Waals surface area contributed by atoms with Gasteiger partial charge >= 0.3 is 0 Å². The maximum Gasteiger partial charge on any atom is 0.141 e. The number of hydrogen-bond acceptors (Lipinski definition) is 3. The first-order chi connectivity index (χ1) is 8.20. The Labute approximate surface area is 111 Å². The van der Waals surface area contributed by atoms with Gasteiger partial charge < -0.3 is 5.73 Å². The van der Waals surface area contributed by atoms with Crippen LogP contribution in [-0.4, -0.2) is 12.3 Å². The molecule has 17 heavy (non-hydrogen) atoms. The summed E-state index contributed by atoms with van der Waals surface area (Å²) in [7, 11) is 0. The predicted molar refractivity (Wildman–Crippen MR) is 72.5 cm³/mol. The summed E-state index contributed by atoms with van der Waals surface area (Å²) in [6, 6.07) is 3.81. The Hall–Kier alpha value is -0.380. The van der Waals surface area contributed by atoms with E-state index in [1.165, 1.54) is 17.8 Å². The van der Waals surface area contributed by atoms with E-state index in [-0.39, 0.29) is 5.92 Å². The van der Waals surface area contributed by atoms with Gasteiger partial charge in [0.15, 0.2) is 0 Å². The van der Waals surface area contributed by atoms with E-state index in [4.69, 9.17) is 17.3 Å². The fourth-order valence-electron chi connectivity index (χ4n) is 2.66. The molecule has 0 amide bonds. The van der Waals surface area contributed by atoms with Crippen LogP contribution in [0.25, 0.3) is 0 Å². The third-order valence-electron chi connectivity index (χ3n) is 3.60. The zero-order chi connectivity index (χ0) is 12.3. The minimum absolute atomic E-state index is 0.176. The van der Waals surface area contributed by atoms with Crippen molar-refractivity contribution in [2.75, 3.05) is 6.54 Å². The molecule has 2 unspecified atom stereocenters. The van der Waals surface area contributed by atoms with Gasteiger partial charge in [0.2, 0.25) is 0 Å². The van der Waals surface area contributed by atoms with E-state index in [1.54, 1.807) is 0 Å². The number of carbonyl (C=O) groups is 1. The van der Waals surface area contributed by atoms with Crippen molar-refractivity contribution in [2.45, 2.75) is 32.1 Å². The summed E-state index contributed by atoms with van der Waals surface area (Å²) in [5.41, 5.74) is 5.76. The third kappa shape index (κ3) is 3.30. The van der Waals surface area contributed by atoms with E-state index < -0.39 is 0 Å². The van der Waals surface area contributed by atoms with Crippen molar-refractivity contribution in [3.8, 4) is 0 Å². The molecule has 2 nitrogen and oxygen atoms in total. The molecule has 2 rings (SSSR count). The Kier molecular flexibility index (Phi) is 4.60. The fourth-order valence-corrected chi connectivity index (χ4v) is 3.76. The highest BCUT2D eigenvalue weighted by atomic mass is 35.5. The van der Waals surface area contributed by atoms with Crippen molar-refractivity contribution < 1.29 is 4.79 Å². The number of Topliss-reactive ketones (excluding diaryl/α,β-unsaturated/α-hetero) is 1. The van der Waals surface area contributed by atoms with E-state index >= 15 is 0 Å². The number of hydrogen-bond donors (Lipinski definition) is 1. The van der Waals surface area contributed by atoms with Gasteiger partial charge in [-0.3, -0.25) is 4.79 Å². The summed E-state index contributed by atoms with van der Waals surface area (Å²) in [6.45, 7) is 0.640. The molecule has 2 N–H and O–H groups in total. The lowest BCUT2D eigenvalue weighted by molar-refractivity contribution is -0.124. The van der Waals surface area contributed by atoms with Crippen molar-refractivity contribution in [1.82, 2.24) is 0 Å². The molecule has 1 heterocycles. The van der Waals surface area contributed by atoms with Gasteiger partial charge in [0.1, 0.15) is 5.78 Å². The molecule has 0 spiro atoms. The monoisotopic (exact) mass is 271 g/mol. The number of carbonyl (C=O) groups excluding carboxylic acids is 1. The highest BCUT2D eigenvalue weighted by Crippen LogP contribution is 2.32. The summed E-state index contributed by atoms with van der Waals surface area (Å²) in [5, 5.41) is 0. The lowest BCUT2D eigenvalue weighted by Gasteiger charge is -2.29. The average molecular weight is 272 g/mol. The standard InChI is InChI=1S/C13H18ClNOS/c14-13-6-5-10(17-13)7-12(16)11-4-2-1-3-9(11)8-15/h5-6,9,11H,1-4,7-8,15H2. The number of rotatable bonds is 4. The molecule has 1 aliphatic carbocycles. The molecule has 4 heteroatoms. The fraction of sp³-hybridized carbons (Fsp3) is 0.615. The minimum atomic E-state index is 0.176. The third-order valence-corrected chi connectivity index (χ3v) is 4.83. The predicted octanol–water partition coefficient (Wildman–Crippen LogP) is 3.28. The quantitative estimate of drug-likeness (QED) is 0.913. The Bertz CT molecular complexity index is 391. The van der Waals surface area contributed by atoms with Crippen LogP contribution in [0.3, 0.4) is 0 Å². The molecule has 1 aromatic heterocycles. The van der Waals surface area contributed by atoms with Crippen LogP contribution in [0.4, 0.5) is 0 Å². The second-order valence-electron chi connectivity index (χ2n) is 4.74. The Balaban J connectivity index is 1.98. The molecule has 0 aromatic carbocycles. The zero-order valence-corrected chi connectivity index (χ0v) is 11.4. The Morgan fingerprint density at radius 1 is 1.41 bits per heavy atom. The normalized spacial score (nSPS) is 24.8. The van der Waals surface area contributed by atoms with Gasteiger partial charge in [0.05, 0.1) is 4.34 Å². The van der Waals surface area contributed by atoms with Crippen molar-refractivity contribution in [2.24, 2.45) is 17.6 Å². The number of nitrogens with two attached hydrogens (primary N) is 1. The van der Waals surface area contributed by atoms with Crippen LogP contribution in [0, 0.1) is 11.8 Å². The van der Waals surface area contributed by atoms with Crippen molar-refractivity contribution in [1.29, 1.82) is 0 Å². The summed E-state index contributed by atoms with van der Waals surface area (Å²) < 4.78 is 0.756. The van der Waals surface area contributed by atoms with Gasteiger partial charge in [0.25, 0.3) is 0 Å². The Morgan fingerprint density at radius 3 is 2.82 bits per heavy atom. The molecule has 0 radical (unpaired) electrons. The molecular weight excluding hydrogens is 254 g/mol. The van der Waals surface area contributed by atoms with Crippen LogP contribution in [-0.2, 0) is 11.2 Å².